The van der Waals surface area contributed by atoms with Crippen molar-refractivity contribution in [3.8, 4) is 5.75 Å². The third-order valence-electron chi connectivity index (χ3n) is 5.61. The maximum Gasteiger partial charge on any atom is 0.355 e. The van der Waals surface area contributed by atoms with Gasteiger partial charge >= 0.3 is 11.4 Å². The molecule has 0 atom stereocenters. The van der Waals surface area contributed by atoms with E-state index in [1.54, 1.807) is 47.4 Å². The molecule has 1 aliphatic rings. The first kappa shape index (κ1) is 26.7. The zero-order valence-electron chi connectivity index (χ0n) is 20.4. The van der Waals surface area contributed by atoms with Crippen LogP contribution in [0.5, 0.6) is 5.75 Å². The van der Waals surface area contributed by atoms with E-state index in [1.807, 2.05) is 13.8 Å². The SMILES string of the molecule is CC(C)Oc1ccc(Nc2nc(=O)n(CC(=O)N3CCOCC3)c(=O)n2Cc2ccc(Cl)cc2)cc1Cl. The van der Waals surface area contributed by atoms with Gasteiger partial charge in [0.2, 0.25) is 11.9 Å². The molecule has 196 valence electrons. The number of benzene rings is 2. The Hall–Kier alpha value is -3.34. The summed E-state index contributed by atoms with van der Waals surface area (Å²) >= 11 is 12.4. The van der Waals surface area contributed by atoms with Crippen LogP contribution in [0.15, 0.2) is 52.1 Å². The van der Waals surface area contributed by atoms with Gasteiger partial charge in [-0.2, -0.15) is 4.98 Å². The number of hydrogen-bond acceptors (Lipinski definition) is 7. The number of nitrogens with one attached hydrogen (secondary N) is 1. The largest absolute Gasteiger partial charge is 0.489 e. The molecule has 2 aromatic carbocycles. The highest BCUT2D eigenvalue weighted by Crippen LogP contribution is 2.29. The lowest BCUT2D eigenvalue weighted by Gasteiger charge is -2.27. The van der Waals surface area contributed by atoms with Gasteiger partial charge in [0.25, 0.3) is 0 Å². The van der Waals surface area contributed by atoms with Crippen LogP contribution >= 0.6 is 23.2 Å². The highest BCUT2D eigenvalue weighted by molar-refractivity contribution is 6.32. The molecule has 12 heteroatoms. The second-order valence-electron chi connectivity index (χ2n) is 8.73. The van der Waals surface area contributed by atoms with Crippen molar-refractivity contribution in [1.82, 2.24) is 19.0 Å². The molecule has 0 radical (unpaired) electrons. The molecular weight excluding hydrogens is 521 g/mol. The number of carbonyl (C=O) groups excluding carboxylic acids is 1. The average molecular weight is 548 g/mol. The lowest BCUT2D eigenvalue weighted by molar-refractivity contribution is -0.136. The average Bonchev–Trinajstić information content (AvgIpc) is 2.87. The smallest absolute Gasteiger partial charge is 0.355 e. The molecule has 1 amide bonds. The van der Waals surface area contributed by atoms with Crippen molar-refractivity contribution in [2.75, 3.05) is 31.6 Å². The van der Waals surface area contributed by atoms with Crippen molar-refractivity contribution in [2.24, 2.45) is 0 Å². The van der Waals surface area contributed by atoms with E-state index in [0.29, 0.717) is 47.8 Å². The lowest BCUT2D eigenvalue weighted by atomic mass is 10.2. The van der Waals surface area contributed by atoms with E-state index in [2.05, 4.69) is 10.3 Å². The van der Waals surface area contributed by atoms with Crippen LogP contribution in [-0.2, 0) is 22.6 Å². The van der Waals surface area contributed by atoms with Crippen LogP contribution in [0.3, 0.4) is 0 Å². The Morgan fingerprint density at radius 1 is 1.08 bits per heavy atom. The molecule has 0 aliphatic carbocycles. The third kappa shape index (κ3) is 6.71. The normalized spacial score (nSPS) is 13.6. The summed E-state index contributed by atoms with van der Waals surface area (Å²) in [6.07, 6.45) is -0.0599. The Kier molecular flexibility index (Phi) is 8.52. The van der Waals surface area contributed by atoms with Crippen molar-refractivity contribution in [3.05, 3.63) is 79.0 Å². The van der Waals surface area contributed by atoms with Gasteiger partial charge in [-0.3, -0.25) is 9.36 Å². The number of carbonyl (C=O) groups is 1. The lowest BCUT2D eigenvalue weighted by Crippen LogP contribution is -2.48. The van der Waals surface area contributed by atoms with Gasteiger partial charge in [-0.25, -0.2) is 14.2 Å². The molecule has 0 unspecified atom stereocenters. The van der Waals surface area contributed by atoms with Crippen LogP contribution in [0.2, 0.25) is 10.0 Å². The van der Waals surface area contributed by atoms with Gasteiger partial charge < -0.3 is 19.7 Å². The molecule has 1 aliphatic heterocycles. The number of rotatable bonds is 8. The second-order valence-corrected chi connectivity index (χ2v) is 9.57. The highest BCUT2D eigenvalue weighted by atomic mass is 35.5. The summed E-state index contributed by atoms with van der Waals surface area (Å²) in [4.78, 5) is 44.9. The zero-order valence-corrected chi connectivity index (χ0v) is 22.0. The van der Waals surface area contributed by atoms with E-state index in [1.165, 1.54) is 4.57 Å². The van der Waals surface area contributed by atoms with Crippen molar-refractivity contribution >= 4 is 40.7 Å². The predicted octanol–water partition coefficient (Wildman–Crippen LogP) is 3.15. The number of nitrogens with zero attached hydrogens (tertiary/aromatic N) is 4. The van der Waals surface area contributed by atoms with Crippen LogP contribution in [0.25, 0.3) is 0 Å². The second kappa shape index (κ2) is 11.8. The molecule has 2 heterocycles. The first-order valence-electron chi connectivity index (χ1n) is 11.8. The molecule has 0 saturated carbocycles. The summed E-state index contributed by atoms with van der Waals surface area (Å²) in [6.45, 7) is 5.06. The van der Waals surface area contributed by atoms with Crippen molar-refractivity contribution < 1.29 is 14.3 Å². The number of aromatic nitrogens is 3. The Labute approximate surface area is 223 Å². The number of amides is 1. The molecule has 0 bridgehead atoms. The summed E-state index contributed by atoms with van der Waals surface area (Å²) in [5.41, 5.74) is -0.267. The maximum atomic E-state index is 13.5. The Morgan fingerprint density at radius 3 is 2.43 bits per heavy atom. The molecule has 10 nitrogen and oxygen atoms in total. The van der Waals surface area contributed by atoms with Gasteiger partial charge in [0.15, 0.2) is 0 Å². The highest BCUT2D eigenvalue weighted by Gasteiger charge is 2.21. The van der Waals surface area contributed by atoms with E-state index in [0.717, 1.165) is 10.1 Å². The molecule has 3 aromatic rings. The van der Waals surface area contributed by atoms with Gasteiger partial charge in [-0.1, -0.05) is 35.3 Å². The Balaban J connectivity index is 1.70. The van der Waals surface area contributed by atoms with Crippen molar-refractivity contribution in [2.45, 2.75) is 33.0 Å². The zero-order chi connectivity index (χ0) is 26.5. The van der Waals surface area contributed by atoms with E-state index < -0.39 is 17.9 Å². The van der Waals surface area contributed by atoms with Gasteiger partial charge in [-0.05, 0) is 49.7 Å². The molecule has 1 aromatic heterocycles. The minimum absolute atomic E-state index is 0.00798. The van der Waals surface area contributed by atoms with Crippen molar-refractivity contribution in [1.29, 1.82) is 0 Å². The van der Waals surface area contributed by atoms with E-state index >= 15 is 0 Å². The monoisotopic (exact) mass is 547 g/mol. The van der Waals surface area contributed by atoms with Crippen LogP contribution in [0, 0.1) is 0 Å². The minimum atomic E-state index is -0.840. The summed E-state index contributed by atoms with van der Waals surface area (Å²) in [7, 11) is 0. The Bertz CT molecular complexity index is 1380. The number of ether oxygens (including phenoxy) is 2. The number of anilines is 2. The van der Waals surface area contributed by atoms with Crippen LogP contribution in [-0.4, -0.2) is 57.3 Å². The van der Waals surface area contributed by atoms with Gasteiger partial charge in [0.1, 0.15) is 12.3 Å². The first-order valence-corrected chi connectivity index (χ1v) is 12.5. The van der Waals surface area contributed by atoms with Gasteiger partial charge in [0, 0.05) is 23.8 Å². The van der Waals surface area contributed by atoms with E-state index in [4.69, 9.17) is 32.7 Å². The minimum Gasteiger partial charge on any atom is -0.489 e. The summed E-state index contributed by atoms with van der Waals surface area (Å²) in [6, 6.07) is 11.9. The Morgan fingerprint density at radius 2 is 1.78 bits per heavy atom. The van der Waals surface area contributed by atoms with Crippen molar-refractivity contribution in [3.63, 3.8) is 0 Å². The standard InChI is InChI=1S/C25H27Cl2N5O5/c1-16(2)37-21-8-7-19(13-20(21)27)28-23-29-24(34)32(15-22(33)30-9-11-36-12-10-30)25(35)31(23)14-17-3-5-18(26)6-4-17/h3-8,13,16H,9-12,14-15H2,1-2H3,(H,28,29,34). The summed E-state index contributed by atoms with van der Waals surface area (Å²) in [5, 5.41) is 3.92. The number of morpholine rings is 1. The third-order valence-corrected chi connectivity index (χ3v) is 6.16. The summed E-state index contributed by atoms with van der Waals surface area (Å²) < 4.78 is 13.1. The first-order chi connectivity index (χ1) is 17.7. The fourth-order valence-corrected chi connectivity index (χ4v) is 4.13. The number of hydrogen-bond donors (Lipinski definition) is 1. The maximum absolute atomic E-state index is 13.5. The fraction of sp³-hybridized carbons (Fsp3) is 0.360. The molecule has 1 fully saturated rings. The van der Waals surface area contributed by atoms with E-state index in [9.17, 15) is 14.4 Å². The van der Waals surface area contributed by atoms with Gasteiger partial charge in [-0.15, -0.1) is 0 Å². The molecular formula is C25H27Cl2N5O5. The van der Waals surface area contributed by atoms with Crippen LogP contribution < -0.4 is 21.4 Å². The topological polar surface area (TPSA) is 108 Å². The molecule has 1 saturated heterocycles. The van der Waals surface area contributed by atoms with E-state index in [-0.39, 0.29) is 24.5 Å². The van der Waals surface area contributed by atoms with Crippen LogP contribution in [0.1, 0.15) is 19.4 Å². The fourth-order valence-electron chi connectivity index (χ4n) is 3.78. The quantitative estimate of drug-likeness (QED) is 0.461. The number of halogens is 2. The van der Waals surface area contributed by atoms with Crippen LogP contribution in [0.4, 0.5) is 11.6 Å². The molecule has 4 rings (SSSR count). The summed E-state index contributed by atoms with van der Waals surface area (Å²) in [5.74, 6) is 0.162. The predicted molar refractivity (Wildman–Crippen MR) is 141 cm³/mol. The molecule has 37 heavy (non-hydrogen) atoms. The van der Waals surface area contributed by atoms with Gasteiger partial charge in [0.05, 0.1) is 30.9 Å². The molecule has 0 spiro atoms. The molecule has 1 N–H and O–H groups in total.